The van der Waals surface area contributed by atoms with Crippen molar-refractivity contribution in [3.8, 4) is 0 Å². The van der Waals surface area contributed by atoms with E-state index in [1.165, 1.54) is 19.3 Å². The van der Waals surface area contributed by atoms with E-state index in [1.807, 2.05) is 19.1 Å². The lowest BCUT2D eigenvalue weighted by atomic mass is 10.2. The molecule has 3 heteroatoms. The molecule has 0 aliphatic carbocycles. The minimum absolute atomic E-state index is 0.0816. The van der Waals surface area contributed by atoms with Gasteiger partial charge in [0, 0.05) is 11.4 Å². The van der Waals surface area contributed by atoms with Gasteiger partial charge >= 0.3 is 0 Å². The van der Waals surface area contributed by atoms with E-state index in [-0.39, 0.29) is 5.82 Å². The van der Waals surface area contributed by atoms with Crippen molar-refractivity contribution in [1.29, 1.82) is 0 Å². The highest BCUT2D eigenvalue weighted by Crippen LogP contribution is 2.23. The van der Waals surface area contributed by atoms with Crippen LogP contribution in [0.2, 0.25) is 0 Å². The van der Waals surface area contributed by atoms with Crippen LogP contribution in [0.25, 0.3) is 0 Å². The molecule has 1 nitrogen and oxygen atoms in total. The Kier molecular flexibility index (Phi) is 7.29. The van der Waals surface area contributed by atoms with Crippen LogP contribution in [0.4, 0.5) is 4.39 Å². The van der Waals surface area contributed by atoms with E-state index < -0.39 is 0 Å². The molecular weight excluding hydrogens is 233 g/mol. The molecule has 0 amide bonds. The zero-order valence-corrected chi connectivity index (χ0v) is 11.6. The molecule has 0 aromatic heterocycles. The molecule has 0 atom stereocenters. The molecule has 0 aliphatic heterocycles. The Hall–Kier alpha value is -0.540. The average molecular weight is 255 g/mol. The van der Waals surface area contributed by atoms with Crippen molar-refractivity contribution in [2.24, 2.45) is 0 Å². The van der Waals surface area contributed by atoms with Gasteiger partial charge in [0.2, 0.25) is 0 Å². The second-order valence-corrected chi connectivity index (χ2v) is 5.24. The van der Waals surface area contributed by atoms with E-state index in [2.05, 4.69) is 12.2 Å². The van der Waals surface area contributed by atoms with Crippen LogP contribution in [0, 0.1) is 5.82 Å². The van der Waals surface area contributed by atoms with E-state index in [9.17, 15) is 4.39 Å². The van der Waals surface area contributed by atoms with E-state index in [0.29, 0.717) is 0 Å². The van der Waals surface area contributed by atoms with Gasteiger partial charge in [0.15, 0.2) is 0 Å². The largest absolute Gasteiger partial charge is 0.313 e. The predicted molar refractivity (Wildman–Crippen MR) is 74.0 cm³/mol. The number of rotatable bonds is 8. The molecule has 0 aliphatic rings. The van der Waals surface area contributed by atoms with Crippen molar-refractivity contribution in [2.45, 2.75) is 44.6 Å². The summed E-state index contributed by atoms with van der Waals surface area (Å²) in [6, 6.07) is 5.55. The number of nitrogens with one attached hydrogen (secondary N) is 1. The number of hydrogen-bond acceptors (Lipinski definition) is 2. The summed E-state index contributed by atoms with van der Waals surface area (Å²) < 4.78 is 13.7. The minimum Gasteiger partial charge on any atom is -0.313 e. The summed E-state index contributed by atoms with van der Waals surface area (Å²) in [5, 5.41) is 3.20. The number of thioether (sulfide) groups is 1. The monoisotopic (exact) mass is 255 g/mol. The standard InChI is InChI=1S/C14H22FNS/c1-3-5-6-9-17-14-8-7-12(10-13(14)15)11-16-4-2/h7-8,10,16H,3-6,9,11H2,1-2H3. The van der Waals surface area contributed by atoms with Crippen molar-refractivity contribution >= 4 is 11.8 Å². The fraction of sp³-hybridized carbons (Fsp3) is 0.571. The maximum Gasteiger partial charge on any atom is 0.137 e. The van der Waals surface area contributed by atoms with Gasteiger partial charge in [-0.05, 0) is 36.4 Å². The maximum atomic E-state index is 13.7. The highest BCUT2D eigenvalue weighted by Gasteiger charge is 2.03. The quantitative estimate of drug-likeness (QED) is 0.551. The van der Waals surface area contributed by atoms with E-state index in [1.54, 1.807) is 17.8 Å². The molecule has 0 heterocycles. The molecule has 1 aromatic carbocycles. The van der Waals surface area contributed by atoms with Gasteiger partial charge in [-0.2, -0.15) is 0 Å². The third-order valence-corrected chi connectivity index (χ3v) is 3.72. The van der Waals surface area contributed by atoms with Crippen molar-refractivity contribution in [3.63, 3.8) is 0 Å². The van der Waals surface area contributed by atoms with Crippen LogP contribution in [0.5, 0.6) is 0 Å². The van der Waals surface area contributed by atoms with Crippen molar-refractivity contribution < 1.29 is 4.39 Å². The summed E-state index contributed by atoms with van der Waals surface area (Å²) in [7, 11) is 0. The van der Waals surface area contributed by atoms with Crippen LogP contribution in [-0.2, 0) is 6.54 Å². The molecule has 0 fully saturated rings. The van der Waals surface area contributed by atoms with E-state index in [4.69, 9.17) is 0 Å². The summed E-state index contributed by atoms with van der Waals surface area (Å²) in [4.78, 5) is 0.779. The summed E-state index contributed by atoms with van der Waals surface area (Å²) in [6.45, 7) is 5.89. The van der Waals surface area contributed by atoms with Gasteiger partial charge in [0.05, 0.1) is 0 Å². The highest BCUT2D eigenvalue weighted by molar-refractivity contribution is 7.99. The zero-order chi connectivity index (χ0) is 12.5. The predicted octanol–water partition coefficient (Wildman–Crippen LogP) is 4.22. The molecular formula is C14H22FNS. The highest BCUT2D eigenvalue weighted by atomic mass is 32.2. The molecule has 0 saturated heterocycles. The van der Waals surface area contributed by atoms with Crippen LogP contribution in [0.3, 0.4) is 0 Å². The van der Waals surface area contributed by atoms with Gasteiger partial charge in [-0.15, -0.1) is 11.8 Å². The Balaban J connectivity index is 2.45. The number of benzene rings is 1. The van der Waals surface area contributed by atoms with Crippen LogP contribution in [0.1, 0.15) is 38.7 Å². The lowest BCUT2D eigenvalue weighted by molar-refractivity contribution is 0.596. The third-order valence-electron chi connectivity index (χ3n) is 2.58. The van der Waals surface area contributed by atoms with Crippen LogP contribution >= 0.6 is 11.8 Å². The molecule has 0 saturated carbocycles. The van der Waals surface area contributed by atoms with Gasteiger partial charge in [-0.3, -0.25) is 0 Å². The Morgan fingerprint density at radius 2 is 2.06 bits per heavy atom. The zero-order valence-electron chi connectivity index (χ0n) is 10.8. The number of hydrogen-bond donors (Lipinski definition) is 1. The first-order chi connectivity index (χ1) is 8.27. The fourth-order valence-corrected chi connectivity index (χ4v) is 2.50. The van der Waals surface area contributed by atoms with Gasteiger partial charge < -0.3 is 5.32 Å². The first-order valence-electron chi connectivity index (χ1n) is 6.39. The van der Waals surface area contributed by atoms with Gasteiger partial charge in [0.1, 0.15) is 5.82 Å². The third kappa shape index (κ3) is 5.55. The summed E-state index contributed by atoms with van der Waals surface area (Å²) in [5.41, 5.74) is 1.02. The second-order valence-electron chi connectivity index (χ2n) is 4.10. The smallest absolute Gasteiger partial charge is 0.137 e. The lowest BCUT2D eigenvalue weighted by Gasteiger charge is -2.06. The molecule has 0 spiro atoms. The SMILES string of the molecule is CCCCCSc1ccc(CNCC)cc1F. The van der Waals surface area contributed by atoms with Crippen LogP contribution < -0.4 is 5.32 Å². The summed E-state index contributed by atoms with van der Waals surface area (Å²) >= 11 is 1.62. The average Bonchev–Trinajstić information content (AvgIpc) is 2.34. The summed E-state index contributed by atoms with van der Waals surface area (Å²) in [6.07, 6.45) is 3.61. The maximum absolute atomic E-state index is 13.7. The fourth-order valence-electron chi connectivity index (χ4n) is 1.57. The van der Waals surface area contributed by atoms with Gasteiger partial charge in [-0.25, -0.2) is 4.39 Å². The van der Waals surface area contributed by atoms with Crippen molar-refractivity contribution in [3.05, 3.63) is 29.6 Å². The molecule has 1 N–H and O–H groups in total. The van der Waals surface area contributed by atoms with Gasteiger partial charge in [0.25, 0.3) is 0 Å². The first-order valence-corrected chi connectivity index (χ1v) is 7.38. The van der Waals surface area contributed by atoms with Gasteiger partial charge in [-0.1, -0.05) is 32.8 Å². The first kappa shape index (κ1) is 14.5. The molecule has 1 rings (SSSR count). The Bertz CT molecular complexity index is 328. The Morgan fingerprint density at radius 3 is 2.71 bits per heavy atom. The van der Waals surface area contributed by atoms with Crippen molar-refractivity contribution in [2.75, 3.05) is 12.3 Å². The van der Waals surface area contributed by atoms with E-state index >= 15 is 0 Å². The van der Waals surface area contributed by atoms with E-state index in [0.717, 1.165) is 29.3 Å². The number of halogens is 1. The van der Waals surface area contributed by atoms with Crippen LogP contribution in [-0.4, -0.2) is 12.3 Å². The Labute approximate surface area is 108 Å². The molecule has 0 radical (unpaired) electrons. The topological polar surface area (TPSA) is 12.0 Å². The molecule has 0 unspecified atom stereocenters. The molecule has 0 bridgehead atoms. The lowest BCUT2D eigenvalue weighted by Crippen LogP contribution is -2.11. The summed E-state index contributed by atoms with van der Waals surface area (Å²) in [5.74, 6) is 0.930. The molecule has 17 heavy (non-hydrogen) atoms. The minimum atomic E-state index is -0.0816. The van der Waals surface area contributed by atoms with Crippen molar-refractivity contribution in [1.82, 2.24) is 5.32 Å². The number of unbranched alkanes of at least 4 members (excludes halogenated alkanes) is 2. The second kappa shape index (κ2) is 8.54. The molecule has 96 valence electrons. The molecule has 1 aromatic rings. The van der Waals surface area contributed by atoms with Crippen LogP contribution in [0.15, 0.2) is 23.1 Å². The normalized spacial score (nSPS) is 10.8. The Morgan fingerprint density at radius 1 is 1.24 bits per heavy atom.